The van der Waals surface area contributed by atoms with E-state index in [2.05, 4.69) is 21.2 Å². The largest absolute Gasteiger partial charge is 0.481 e. The summed E-state index contributed by atoms with van der Waals surface area (Å²) in [7, 11) is 1.32. The molecule has 0 aliphatic rings. The summed E-state index contributed by atoms with van der Waals surface area (Å²) in [6.45, 7) is 5.38. The van der Waals surface area contributed by atoms with E-state index in [0.717, 1.165) is 14.9 Å². The van der Waals surface area contributed by atoms with Crippen molar-refractivity contribution in [1.29, 1.82) is 0 Å². The number of nitrogens with one attached hydrogen (secondary N) is 1. The molecule has 1 unspecified atom stereocenters. The van der Waals surface area contributed by atoms with Crippen LogP contribution in [0.5, 0.6) is 5.75 Å². The Balaban J connectivity index is 2.13. The smallest absolute Gasteiger partial charge is 0.341 e. The quantitative estimate of drug-likeness (QED) is 0.743. The molecule has 7 heteroatoms. The number of anilines is 1. The molecule has 1 atom stereocenters. The van der Waals surface area contributed by atoms with Crippen LogP contribution < -0.4 is 10.1 Å². The van der Waals surface area contributed by atoms with Crippen LogP contribution in [0, 0.1) is 13.8 Å². The number of amides is 1. The first kappa shape index (κ1) is 18.5. The molecule has 0 bridgehead atoms. The van der Waals surface area contributed by atoms with Crippen molar-refractivity contribution in [3.8, 4) is 5.75 Å². The summed E-state index contributed by atoms with van der Waals surface area (Å²) >= 11 is 4.69. The summed E-state index contributed by atoms with van der Waals surface area (Å²) in [4.78, 5) is 25.3. The van der Waals surface area contributed by atoms with Crippen molar-refractivity contribution in [3.63, 3.8) is 0 Å². The van der Waals surface area contributed by atoms with Gasteiger partial charge < -0.3 is 14.8 Å². The second kappa shape index (κ2) is 7.81. The predicted molar refractivity (Wildman–Crippen MR) is 98.0 cm³/mol. The molecule has 0 aliphatic carbocycles. The third kappa shape index (κ3) is 4.15. The Morgan fingerprint density at radius 1 is 1.21 bits per heavy atom. The van der Waals surface area contributed by atoms with Crippen LogP contribution in [-0.4, -0.2) is 25.1 Å². The number of hydrogen-bond acceptors (Lipinski definition) is 5. The summed E-state index contributed by atoms with van der Waals surface area (Å²) < 4.78 is 11.4. The molecule has 1 heterocycles. The van der Waals surface area contributed by atoms with Gasteiger partial charge >= 0.3 is 5.97 Å². The van der Waals surface area contributed by atoms with Gasteiger partial charge in [0.25, 0.3) is 5.91 Å². The van der Waals surface area contributed by atoms with E-state index in [9.17, 15) is 9.59 Å². The minimum absolute atomic E-state index is 0.329. The molecule has 1 aromatic carbocycles. The van der Waals surface area contributed by atoms with Crippen LogP contribution in [0.25, 0.3) is 0 Å². The number of ether oxygens (including phenoxy) is 2. The lowest BCUT2D eigenvalue weighted by Crippen LogP contribution is -2.30. The van der Waals surface area contributed by atoms with E-state index in [4.69, 9.17) is 9.47 Å². The van der Waals surface area contributed by atoms with E-state index < -0.39 is 12.1 Å². The van der Waals surface area contributed by atoms with E-state index in [1.807, 2.05) is 26.0 Å². The second-order valence-electron chi connectivity index (χ2n) is 5.18. The van der Waals surface area contributed by atoms with Crippen molar-refractivity contribution in [3.05, 3.63) is 44.7 Å². The molecule has 0 spiro atoms. The number of hydrogen-bond donors (Lipinski definition) is 1. The van der Waals surface area contributed by atoms with Gasteiger partial charge in [0, 0.05) is 9.35 Å². The molecule has 0 saturated heterocycles. The topological polar surface area (TPSA) is 64.6 Å². The predicted octanol–water partition coefficient (Wildman–Crippen LogP) is 4.32. The van der Waals surface area contributed by atoms with Crippen molar-refractivity contribution < 1.29 is 19.1 Å². The molecule has 0 saturated carbocycles. The summed E-state index contributed by atoms with van der Waals surface area (Å²) in [5.74, 6) is -0.203. The fraction of sp³-hybridized carbons (Fsp3) is 0.294. The van der Waals surface area contributed by atoms with Gasteiger partial charge in [-0.25, -0.2) is 4.79 Å². The van der Waals surface area contributed by atoms with Gasteiger partial charge in [0.2, 0.25) is 0 Å². The lowest BCUT2D eigenvalue weighted by molar-refractivity contribution is -0.122. The van der Waals surface area contributed by atoms with Crippen molar-refractivity contribution >= 4 is 44.1 Å². The van der Waals surface area contributed by atoms with Gasteiger partial charge in [0.05, 0.1) is 12.7 Å². The zero-order chi connectivity index (χ0) is 17.9. The number of carbonyl (C=O) groups excluding carboxylic acids is 2. The Bertz CT molecular complexity index is 755. The first-order valence-electron chi connectivity index (χ1n) is 7.25. The van der Waals surface area contributed by atoms with Gasteiger partial charge in [0.1, 0.15) is 10.8 Å². The number of carbonyl (C=O) groups is 2. The van der Waals surface area contributed by atoms with Gasteiger partial charge in [-0.05, 0) is 50.6 Å². The first-order chi connectivity index (χ1) is 11.3. The number of thiophene rings is 1. The van der Waals surface area contributed by atoms with Gasteiger partial charge in [-0.15, -0.1) is 11.3 Å². The maximum absolute atomic E-state index is 12.4. The molecule has 0 aliphatic heterocycles. The Morgan fingerprint density at radius 3 is 2.42 bits per heavy atom. The van der Waals surface area contributed by atoms with E-state index in [1.54, 1.807) is 19.1 Å². The second-order valence-corrected chi connectivity index (χ2v) is 7.32. The molecule has 1 N–H and O–H groups in total. The number of methoxy groups -OCH3 is 1. The average Bonchev–Trinajstić information content (AvgIpc) is 2.83. The zero-order valence-electron chi connectivity index (χ0n) is 13.8. The highest BCUT2D eigenvalue weighted by atomic mass is 79.9. The maximum Gasteiger partial charge on any atom is 0.341 e. The standard InChI is InChI=1S/C17H18BrNO4S/c1-9-11(3)24-16(14(9)17(21)22-4)19-15(20)10(2)23-13-7-5-12(18)6-8-13/h5-8,10H,1-4H3,(H,19,20). The summed E-state index contributed by atoms with van der Waals surface area (Å²) in [5.41, 5.74) is 1.20. The van der Waals surface area contributed by atoms with Gasteiger partial charge in [-0.3, -0.25) is 4.79 Å². The summed E-state index contributed by atoms with van der Waals surface area (Å²) in [5, 5.41) is 3.24. The third-order valence-electron chi connectivity index (χ3n) is 3.51. The minimum atomic E-state index is -0.709. The molecule has 1 aromatic heterocycles. The van der Waals surface area contributed by atoms with E-state index in [-0.39, 0.29) is 5.91 Å². The molecule has 2 rings (SSSR count). The molecule has 24 heavy (non-hydrogen) atoms. The molecule has 128 valence electrons. The SMILES string of the molecule is COC(=O)c1c(NC(=O)C(C)Oc2ccc(Br)cc2)sc(C)c1C. The molecule has 0 fully saturated rings. The van der Waals surface area contributed by atoms with Crippen molar-refractivity contribution in [1.82, 2.24) is 0 Å². The summed E-state index contributed by atoms with van der Waals surface area (Å²) in [6.07, 6.45) is -0.709. The van der Waals surface area contributed by atoms with Crippen molar-refractivity contribution in [2.75, 3.05) is 12.4 Å². The summed E-state index contributed by atoms with van der Waals surface area (Å²) in [6, 6.07) is 7.21. The lowest BCUT2D eigenvalue weighted by Gasteiger charge is -2.14. The normalized spacial score (nSPS) is 11.7. The molecule has 1 amide bonds. The third-order valence-corrected chi connectivity index (χ3v) is 5.16. The molecule has 0 radical (unpaired) electrons. The monoisotopic (exact) mass is 411 g/mol. The van der Waals surface area contributed by atoms with Crippen molar-refractivity contribution in [2.24, 2.45) is 0 Å². The van der Waals surface area contributed by atoms with E-state index in [0.29, 0.717) is 16.3 Å². The number of esters is 1. The Morgan fingerprint density at radius 2 is 1.83 bits per heavy atom. The van der Waals surface area contributed by atoms with Gasteiger partial charge in [-0.1, -0.05) is 15.9 Å². The molecular formula is C17H18BrNO4S. The zero-order valence-corrected chi connectivity index (χ0v) is 16.2. The fourth-order valence-electron chi connectivity index (χ4n) is 2.05. The van der Waals surface area contributed by atoms with Crippen molar-refractivity contribution in [2.45, 2.75) is 26.9 Å². The van der Waals surface area contributed by atoms with Crippen LogP contribution in [0.3, 0.4) is 0 Å². The Hall–Kier alpha value is -1.86. The average molecular weight is 412 g/mol. The number of rotatable bonds is 5. The van der Waals surface area contributed by atoms with Crippen LogP contribution in [0.15, 0.2) is 28.7 Å². The number of benzene rings is 1. The molecule has 2 aromatic rings. The van der Waals surface area contributed by atoms with Gasteiger partial charge in [0.15, 0.2) is 6.10 Å². The minimum Gasteiger partial charge on any atom is -0.481 e. The van der Waals surface area contributed by atoms with Crippen LogP contribution in [0.1, 0.15) is 27.7 Å². The Labute approximate surface area is 153 Å². The van der Waals surface area contributed by atoms with Crippen LogP contribution in [0.4, 0.5) is 5.00 Å². The highest BCUT2D eigenvalue weighted by Gasteiger charge is 2.23. The highest BCUT2D eigenvalue weighted by molar-refractivity contribution is 9.10. The number of halogens is 1. The molecular weight excluding hydrogens is 394 g/mol. The maximum atomic E-state index is 12.4. The molecule has 5 nitrogen and oxygen atoms in total. The fourth-order valence-corrected chi connectivity index (χ4v) is 3.36. The van der Waals surface area contributed by atoms with E-state index in [1.165, 1.54) is 18.4 Å². The van der Waals surface area contributed by atoms with Crippen LogP contribution in [-0.2, 0) is 9.53 Å². The van der Waals surface area contributed by atoms with E-state index >= 15 is 0 Å². The Kier molecular flexibility index (Phi) is 6.01. The lowest BCUT2D eigenvalue weighted by atomic mass is 10.1. The first-order valence-corrected chi connectivity index (χ1v) is 8.85. The highest BCUT2D eigenvalue weighted by Crippen LogP contribution is 2.33. The van der Waals surface area contributed by atoms with Crippen LogP contribution in [0.2, 0.25) is 0 Å². The number of aryl methyl sites for hydroxylation is 1. The van der Waals surface area contributed by atoms with Gasteiger partial charge in [-0.2, -0.15) is 0 Å². The van der Waals surface area contributed by atoms with Crippen LogP contribution >= 0.6 is 27.3 Å².